The number of alkyl halides is 1. The molecular formula is C12H13ClN5NaO7S3. The summed E-state index contributed by atoms with van der Waals surface area (Å²) >= 11 is 7.29. The number of thioether (sulfide) groups is 1. The van der Waals surface area contributed by atoms with E-state index < -0.39 is 39.4 Å². The van der Waals surface area contributed by atoms with Crippen molar-refractivity contribution in [3.05, 3.63) is 11.1 Å². The summed E-state index contributed by atoms with van der Waals surface area (Å²) in [5.41, 5.74) is -0.281. The van der Waals surface area contributed by atoms with Gasteiger partial charge >= 0.3 is 29.6 Å². The number of β-lactam (4-membered cyclic amide) rings is 1. The Morgan fingerprint density at radius 1 is 1.52 bits per heavy atom. The topological polar surface area (TPSA) is 170 Å². The molecule has 12 nitrogen and oxygen atoms in total. The minimum absolute atomic E-state index is 0. The van der Waals surface area contributed by atoms with Gasteiger partial charge in [0.15, 0.2) is 21.1 Å². The molecule has 2 atom stereocenters. The number of hydrogen-bond donors (Lipinski definition) is 2. The fourth-order valence-corrected chi connectivity index (χ4v) is 4.95. The van der Waals surface area contributed by atoms with Gasteiger partial charge in [0.2, 0.25) is 5.91 Å². The SMILES string of the molecule is CON=C(C(=O)N[C@@H]1C(=O)N(S(=O)(=O)[O-])[C@@H]1SC)c1csc(NC(=O)CCl)n1.[Na+]. The number of aromatic nitrogens is 1. The zero-order valence-electron chi connectivity index (χ0n) is 15.2. The molecule has 0 aromatic carbocycles. The second kappa shape index (κ2) is 10.9. The van der Waals surface area contributed by atoms with Crippen molar-refractivity contribution in [3.8, 4) is 0 Å². The Morgan fingerprint density at radius 2 is 2.17 bits per heavy atom. The van der Waals surface area contributed by atoms with Crippen LogP contribution in [0.4, 0.5) is 5.13 Å². The fourth-order valence-electron chi connectivity index (χ4n) is 2.14. The van der Waals surface area contributed by atoms with Gasteiger partial charge in [-0.1, -0.05) is 5.16 Å². The maximum Gasteiger partial charge on any atom is 1.00 e. The maximum atomic E-state index is 12.5. The summed E-state index contributed by atoms with van der Waals surface area (Å²) in [4.78, 5) is 44.4. The van der Waals surface area contributed by atoms with Gasteiger partial charge in [-0.2, -0.15) is 0 Å². The molecule has 1 aromatic rings. The summed E-state index contributed by atoms with van der Waals surface area (Å²) < 4.78 is 33.5. The average molecular weight is 494 g/mol. The number of nitrogens with one attached hydrogen (secondary N) is 2. The number of oxime groups is 1. The zero-order chi connectivity index (χ0) is 21.1. The molecule has 1 aromatic heterocycles. The molecule has 1 saturated heterocycles. The molecule has 0 aliphatic carbocycles. The van der Waals surface area contributed by atoms with Crippen LogP contribution < -0.4 is 40.2 Å². The monoisotopic (exact) mass is 493 g/mol. The van der Waals surface area contributed by atoms with E-state index in [2.05, 4.69) is 25.6 Å². The minimum Gasteiger partial charge on any atom is -0.731 e. The van der Waals surface area contributed by atoms with Crippen LogP contribution in [0.25, 0.3) is 0 Å². The van der Waals surface area contributed by atoms with Gasteiger partial charge in [-0.25, -0.2) is 17.7 Å². The van der Waals surface area contributed by atoms with Crippen LogP contribution in [0.2, 0.25) is 0 Å². The van der Waals surface area contributed by atoms with Crippen molar-refractivity contribution in [2.24, 2.45) is 5.16 Å². The van der Waals surface area contributed by atoms with E-state index >= 15 is 0 Å². The molecule has 1 aliphatic rings. The third kappa shape index (κ3) is 6.04. The summed E-state index contributed by atoms with van der Waals surface area (Å²) in [7, 11) is -3.81. The molecule has 1 fully saturated rings. The molecule has 0 saturated carbocycles. The number of thiazole rings is 1. The summed E-state index contributed by atoms with van der Waals surface area (Å²) in [5.74, 6) is -2.73. The molecule has 154 valence electrons. The number of rotatable bonds is 8. The van der Waals surface area contributed by atoms with Gasteiger partial charge in [0, 0.05) is 5.38 Å². The molecule has 29 heavy (non-hydrogen) atoms. The first kappa shape index (κ1) is 26.1. The van der Waals surface area contributed by atoms with E-state index in [1.165, 1.54) is 18.7 Å². The molecule has 2 heterocycles. The van der Waals surface area contributed by atoms with E-state index in [1.807, 2.05) is 0 Å². The zero-order valence-corrected chi connectivity index (χ0v) is 20.4. The largest absolute Gasteiger partial charge is 1.00 e. The quantitative estimate of drug-likeness (QED) is 0.0918. The van der Waals surface area contributed by atoms with Crippen molar-refractivity contribution < 1.29 is 61.7 Å². The number of carbonyl (C=O) groups is 3. The summed E-state index contributed by atoms with van der Waals surface area (Å²) in [5, 5.41) is 8.74. The minimum atomic E-state index is -4.99. The van der Waals surface area contributed by atoms with Gasteiger partial charge < -0.3 is 20.0 Å². The molecule has 2 N–H and O–H groups in total. The van der Waals surface area contributed by atoms with Crippen molar-refractivity contribution in [2.75, 3.05) is 24.6 Å². The van der Waals surface area contributed by atoms with Crippen molar-refractivity contribution in [2.45, 2.75) is 11.4 Å². The first-order valence-corrected chi connectivity index (χ1v) is 11.3. The van der Waals surface area contributed by atoms with Crippen LogP contribution in [-0.2, 0) is 29.5 Å². The molecule has 3 amide bonds. The van der Waals surface area contributed by atoms with Crippen molar-refractivity contribution in [1.29, 1.82) is 0 Å². The number of hydrogen-bond acceptors (Lipinski definition) is 11. The molecule has 0 unspecified atom stereocenters. The van der Waals surface area contributed by atoms with E-state index in [4.69, 9.17) is 11.6 Å². The van der Waals surface area contributed by atoms with Gasteiger partial charge in [0.1, 0.15) is 30.1 Å². The molecular weight excluding hydrogens is 481 g/mol. The second-order valence-electron chi connectivity index (χ2n) is 5.01. The molecule has 1 aliphatic heterocycles. The van der Waals surface area contributed by atoms with Gasteiger partial charge in [-0.15, -0.1) is 34.7 Å². The van der Waals surface area contributed by atoms with Crippen LogP contribution in [0.15, 0.2) is 10.5 Å². The second-order valence-corrected chi connectivity index (χ2v) is 8.34. The Labute approximate surface area is 200 Å². The van der Waals surface area contributed by atoms with Gasteiger partial charge in [0.25, 0.3) is 11.8 Å². The van der Waals surface area contributed by atoms with E-state index in [-0.39, 0.29) is 56.3 Å². The predicted octanol–water partition coefficient (Wildman–Crippen LogP) is -3.85. The van der Waals surface area contributed by atoms with Crippen LogP contribution >= 0.6 is 34.7 Å². The Bertz CT molecular complexity index is 925. The van der Waals surface area contributed by atoms with Crippen LogP contribution in [0.1, 0.15) is 5.69 Å². The Morgan fingerprint density at radius 3 is 2.69 bits per heavy atom. The van der Waals surface area contributed by atoms with Crippen LogP contribution in [0, 0.1) is 0 Å². The van der Waals surface area contributed by atoms with E-state index in [0.29, 0.717) is 0 Å². The molecule has 0 bridgehead atoms. The smallest absolute Gasteiger partial charge is 0.731 e. The Kier molecular flexibility index (Phi) is 9.81. The van der Waals surface area contributed by atoms with E-state index in [0.717, 1.165) is 23.1 Å². The van der Waals surface area contributed by atoms with E-state index in [1.54, 1.807) is 0 Å². The average Bonchev–Trinajstić information content (AvgIpc) is 3.08. The summed E-state index contributed by atoms with van der Waals surface area (Å²) in [6, 6.07) is -1.25. The van der Waals surface area contributed by atoms with Crippen LogP contribution in [0.5, 0.6) is 0 Å². The van der Waals surface area contributed by atoms with E-state index in [9.17, 15) is 27.4 Å². The summed E-state index contributed by atoms with van der Waals surface area (Å²) in [6.45, 7) is 0. The number of nitrogens with zero attached hydrogens (tertiary/aromatic N) is 3. The molecule has 0 radical (unpaired) electrons. The third-order valence-electron chi connectivity index (χ3n) is 3.28. The predicted molar refractivity (Wildman–Crippen MR) is 101 cm³/mol. The van der Waals surface area contributed by atoms with Crippen LogP contribution in [0.3, 0.4) is 0 Å². The first-order valence-electron chi connectivity index (χ1n) is 7.19. The maximum absolute atomic E-state index is 12.5. The van der Waals surface area contributed by atoms with Gasteiger partial charge in [0.05, 0.1) is 0 Å². The molecule has 0 spiro atoms. The third-order valence-corrected chi connectivity index (χ3v) is 6.27. The Hall–Kier alpha value is -0.940. The van der Waals surface area contributed by atoms with Gasteiger partial charge in [-0.3, -0.25) is 14.4 Å². The standard InChI is InChI=1S/C12H14ClN5O7S3.Na/c1-25-17-7(5-4-27-12(14-5)15-6(19)3-13)9(20)16-8-10(21)18(11(8)26-2)28(22,23)24;/h4,8,11H,3H2,1-2H3,(H,16,20)(H,14,15,19)(H,22,23,24);/q;+1/p-1/t8-,11-;/m1./s1. The Balaban J connectivity index is 0.00000420. The first-order chi connectivity index (χ1) is 13.1. The molecule has 2 rings (SSSR count). The van der Waals surface area contributed by atoms with Crippen molar-refractivity contribution in [1.82, 2.24) is 14.6 Å². The number of halogens is 1. The fraction of sp³-hybridized carbons (Fsp3) is 0.417. The van der Waals surface area contributed by atoms with Crippen LogP contribution in [-0.4, -0.2) is 76.4 Å². The van der Waals surface area contributed by atoms with Crippen molar-refractivity contribution in [3.63, 3.8) is 0 Å². The van der Waals surface area contributed by atoms with Gasteiger partial charge in [-0.05, 0) is 6.26 Å². The van der Waals surface area contributed by atoms with Crippen molar-refractivity contribution >= 4 is 73.6 Å². The number of carbonyl (C=O) groups excluding carboxylic acids is 3. The number of amides is 3. The summed E-state index contributed by atoms with van der Waals surface area (Å²) in [6.07, 6.45) is 1.48. The molecule has 17 heteroatoms. The normalized spacial score (nSPS) is 19.1. The number of anilines is 1.